The molecule has 0 spiro atoms. The van der Waals surface area contributed by atoms with Crippen LogP contribution in [0.1, 0.15) is 45.4 Å². The Bertz CT molecular complexity index is 212. The Morgan fingerprint density at radius 3 is 2.62 bits per heavy atom. The minimum Gasteiger partial charge on any atom is -0.409 e. The molecule has 1 aliphatic rings. The molecule has 0 atom stereocenters. The summed E-state index contributed by atoms with van der Waals surface area (Å²) in [6.07, 6.45) is 7.94. The Labute approximate surface area is 98.5 Å². The van der Waals surface area contributed by atoms with E-state index in [1.807, 2.05) is 0 Å². The second kappa shape index (κ2) is 7.49. The van der Waals surface area contributed by atoms with Crippen LogP contribution in [0.15, 0.2) is 5.16 Å². The number of nitrogens with zero attached hydrogens (tertiary/aromatic N) is 2. The summed E-state index contributed by atoms with van der Waals surface area (Å²) in [6, 6.07) is 0. The normalized spacial score (nSPS) is 19.2. The molecule has 0 saturated heterocycles. The summed E-state index contributed by atoms with van der Waals surface area (Å²) in [6.45, 7) is 4.90. The third-order valence-corrected chi connectivity index (χ3v) is 3.30. The Hall–Kier alpha value is -0.770. The summed E-state index contributed by atoms with van der Waals surface area (Å²) in [4.78, 5) is 2.31. The van der Waals surface area contributed by atoms with Gasteiger partial charge in [0.1, 0.15) is 0 Å². The van der Waals surface area contributed by atoms with Crippen LogP contribution in [0.5, 0.6) is 0 Å². The van der Waals surface area contributed by atoms with Gasteiger partial charge >= 0.3 is 0 Å². The molecule has 4 heteroatoms. The molecule has 4 nitrogen and oxygen atoms in total. The average molecular weight is 227 g/mol. The number of oxime groups is 1. The van der Waals surface area contributed by atoms with E-state index in [0.29, 0.717) is 12.4 Å². The minimum absolute atomic E-state index is 0.323. The second-order valence-electron chi connectivity index (χ2n) is 4.83. The number of nitrogens with two attached hydrogens (primary N) is 1. The maximum Gasteiger partial charge on any atom is 0.153 e. The molecule has 0 bridgehead atoms. The summed E-state index contributed by atoms with van der Waals surface area (Å²) in [5.41, 5.74) is 5.57. The van der Waals surface area contributed by atoms with Gasteiger partial charge in [-0.05, 0) is 31.7 Å². The number of hydrogen-bond donors (Lipinski definition) is 2. The first-order valence-corrected chi connectivity index (χ1v) is 6.45. The summed E-state index contributed by atoms with van der Waals surface area (Å²) in [7, 11) is 0. The molecule has 3 N–H and O–H groups in total. The topological polar surface area (TPSA) is 61.8 Å². The van der Waals surface area contributed by atoms with E-state index in [4.69, 9.17) is 10.9 Å². The van der Waals surface area contributed by atoms with Crippen LogP contribution in [0.2, 0.25) is 0 Å². The lowest BCUT2D eigenvalue weighted by molar-refractivity contribution is 0.218. The summed E-state index contributed by atoms with van der Waals surface area (Å²) in [5, 5.41) is 11.7. The molecule has 0 radical (unpaired) electrons. The Balaban J connectivity index is 2.36. The molecule has 1 saturated carbocycles. The number of amidine groups is 1. The van der Waals surface area contributed by atoms with Crippen molar-refractivity contribution in [2.75, 3.05) is 19.6 Å². The molecular weight excluding hydrogens is 202 g/mol. The zero-order valence-electron chi connectivity index (χ0n) is 10.4. The highest BCUT2D eigenvalue weighted by atomic mass is 16.4. The van der Waals surface area contributed by atoms with Crippen molar-refractivity contribution in [3.63, 3.8) is 0 Å². The first kappa shape index (κ1) is 13.3. The quantitative estimate of drug-likeness (QED) is 0.316. The molecule has 0 aromatic carbocycles. The molecule has 1 fully saturated rings. The van der Waals surface area contributed by atoms with Crippen LogP contribution < -0.4 is 5.73 Å². The standard InChI is InChI=1S/C12H25N3O/c1-2-8-15(10-12(13)14-16)9-11-6-4-3-5-7-11/h11,16H,2-10H2,1H3,(H2,13,14). The van der Waals surface area contributed by atoms with E-state index in [2.05, 4.69) is 17.0 Å². The van der Waals surface area contributed by atoms with Gasteiger partial charge in [-0.25, -0.2) is 0 Å². The molecule has 0 aliphatic heterocycles. The molecule has 0 amide bonds. The van der Waals surface area contributed by atoms with Crippen LogP contribution in [0.3, 0.4) is 0 Å². The fourth-order valence-electron chi connectivity index (χ4n) is 2.55. The van der Waals surface area contributed by atoms with Gasteiger partial charge in [-0.2, -0.15) is 0 Å². The summed E-state index contributed by atoms with van der Waals surface area (Å²) >= 11 is 0. The zero-order chi connectivity index (χ0) is 11.8. The lowest BCUT2D eigenvalue weighted by Crippen LogP contribution is -2.38. The van der Waals surface area contributed by atoms with Crippen molar-refractivity contribution in [2.45, 2.75) is 45.4 Å². The molecule has 94 valence electrons. The molecule has 0 unspecified atom stereocenters. The molecule has 0 heterocycles. The van der Waals surface area contributed by atoms with Gasteiger partial charge in [0, 0.05) is 6.54 Å². The van der Waals surface area contributed by atoms with Crippen molar-refractivity contribution in [2.24, 2.45) is 16.8 Å². The third-order valence-electron chi connectivity index (χ3n) is 3.30. The second-order valence-corrected chi connectivity index (χ2v) is 4.83. The van der Waals surface area contributed by atoms with E-state index in [1.165, 1.54) is 32.1 Å². The van der Waals surface area contributed by atoms with Crippen molar-refractivity contribution in [3.05, 3.63) is 0 Å². The SMILES string of the molecule is CCCN(CC(N)=NO)CC1CCCCC1. The largest absolute Gasteiger partial charge is 0.409 e. The average Bonchev–Trinajstić information content (AvgIpc) is 2.30. The molecular formula is C12H25N3O. The van der Waals surface area contributed by atoms with Crippen LogP contribution in [-0.4, -0.2) is 35.6 Å². The van der Waals surface area contributed by atoms with E-state index < -0.39 is 0 Å². The summed E-state index contributed by atoms with van der Waals surface area (Å²) in [5.74, 6) is 1.14. The van der Waals surface area contributed by atoms with Crippen LogP contribution in [-0.2, 0) is 0 Å². The monoisotopic (exact) mass is 227 g/mol. The predicted octanol–water partition coefficient (Wildman–Crippen LogP) is 2.03. The minimum atomic E-state index is 0.323. The highest BCUT2D eigenvalue weighted by Crippen LogP contribution is 2.24. The van der Waals surface area contributed by atoms with E-state index in [0.717, 1.165) is 25.4 Å². The Kier molecular flexibility index (Phi) is 6.23. The molecule has 1 rings (SSSR count). The first-order valence-electron chi connectivity index (χ1n) is 6.45. The van der Waals surface area contributed by atoms with Crippen LogP contribution in [0.4, 0.5) is 0 Å². The third kappa shape index (κ3) is 4.84. The first-order chi connectivity index (χ1) is 7.76. The van der Waals surface area contributed by atoms with E-state index in [9.17, 15) is 0 Å². The predicted molar refractivity (Wildman–Crippen MR) is 66.7 cm³/mol. The van der Waals surface area contributed by atoms with Crippen molar-refractivity contribution in [3.8, 4) is 0 Å². The molecule has 0 aromatic rings. The maximum atomic E-state index is 8.59. The molecule has 1 aliphatic carbocycles. The van der Waals surface area contributed by atoms with Gasteiger partial charge in [-0.15, -0.1) is 0 Å². The Morgan fingerprint density at radius 1 is 1.38 bits per heavy atom. The van der Waals surface area contributed by atoms with Crippen LogP contribution in [0, 0.1) is 5.92 Å². The van der Waals surface area contributed by atoms with Gasteiger partial charge < -0.3 is 10.9 Å². The van der Waals surface area contributed by atoms with E-state index >= 15 is 0 Å². The van der Waals surface area contributed by atoms with Crippen molar-refractivity contribution in [1.29, 1.82) is 0 Å². The lowest BCUT2D eigenvalue weighted by atomic mass is 9.89. The smallest absolute Gasteiger partial charge is 0.153 e. The Morgan fingerprint density at radius 2 is 2.06 bits per heavy atom. The molecule has 16 heavy (non-hydrogen) atoms. The van der Waals surface area contributed by atoms with Crippen molar-refractivity contribution >= 4 is 5.84 Å². The van der Waals surface area contributed by atoms with Gasteiger partial charge in [0.05, 0.1) is 6.54 Å². The lowest BCUT2D eigenvalue weighted by Gasteiger charge is -2.29. The highest BCUT2D eigenvalue weighted by molar-refractivity contribution is 5.81. The number of rotatable bonds is 6. The fraction of sp³-hybridized carbons (Fsp3) is 0.917. The summed E-state index contributed by atoms with van der Waals surface area (Å²) < 4.78 is 0. The van der Waals surface area contributed by atoms with Crippen LogP contribution in [0.25, 0.3) is 0 Å². The zero-order valence-corrected chi connectivity index (χ0v) is 10.4. The van der Waals surface area contributed by atoms with Gasteiger partial charge in [-0.1, -0.05) is 31.3 Å². The van der Waals surface area contributed by atoms with Gasteiger partial charge in [0.15, 0.2) is 5.84 Å². The van der Waals surface area contributed by atoms with Crippen LogP contribution >= 0.6 is 0 Å². The fourth-order valence-corrected chi connectivity index (χ4v) is 2.55. The van der Waals surface area contributed by atoms with Gasteiger partial charge in [-0.3, -0.25) is 4.90 Å². The van der Waals surface area contributed by atoms with E-state index in [1.54, 1.807) is 0 Å². The van der Waals surface area contributed by atoms with E-state index in [-0.39, 0.29) is 0 Å². The van der Waals surface area contributed by atoms with Crippen molar-refractivity contribution in [1.82, 2.24) is 4.90 Å². The maximum absolute atomic E-state index is 8.59. The number of hydrogen-bond acceptors (Lipinski definition) is 3. The van der Waals surface area contributed by atoms with Crippen molar-refractivity contribution < 1.29 is 5.21 Å². The molecule has 0 aromatic heterocycles. The van der Waals surface area contributed by atoms with Gasteiger partial charge in [0.2, 0.25) is 0 Å². The van der Waals surface area contributed by atoms with Gasteiger partial charge in [0.25, 0.3) is 0 Å². The highest BCUT2D eigenvalue weighted by Gasteiger charge is 2.17.